The van der Waals surface area contributed by atoms with Crippen LogP contribution in [0.2, 0.25) is 0 Å². The third kappa shape index (κ3) is 13.9. The Morgan fingerprint density at radius 3 is 0.691 bits per heavy atom. The minimum Gasteiger partial charge on any atom is -0.489 e. The first-order valence-corrected chi connectivity index (χ1v) is 21.9. The fourth-order valence-corrected chi connectivity index (χ4v) is 7.03. The van der Waals surface area contributed by atoms with E-state index in [-0.39, 0.29) is 36.7 Å². The van der Waals surface area contributed by atoms with Crippen LogP contribution in [0.1, 0.15) is 59.7 Å². The third-order valence-electron chi connectivity index (χ3n) is 10.4. The van der Waals surface area contributed by atoms with Gasteiger partial charge in [-0.3, -0.25) is 0 Å². The van der Waals surface area contributed by atoms with Gasteiger partial charge in [0.05, 0.1) is 11.1 Å². The molecule has 68 heavy (non-hydrogen) atoms. The molecule has 11 heteroatoms. The molecule has 8 aromatic rings. The summed E-state index contributed by atoms with van der Waals surface area (Å²) in [6, 6.07) is 59.8. The van der Waals surface area contributed by atoms with Crippen LogP contribution in [0.15, 0.2) is 194 Å². The molecule has 0 aliphatic carbocycles. The molecule has 0 aromatic heterocycles. The van der Waals surface area contributed by atoms with E-state index < -0.39 is 11.9 Å². The highest BCUT2D eigenvalue weighted by molar-refractivity contribution is 5.94. The molecule has 0 bridgehead atoms. The van der Waals surface area contributed by atoms with Crippen molar-refractivity contribution in [2.24, 2.45) is 0 Å². The van der Waals surface area contributed by atoms with E-state index in [2.05, 4.69) is 0 Å². The van der Waals surface area contributed by atoms with Crippen molar-refractivity contribution in [3.05, 3.63) is 244 Å². The Morgan fingerprint density at radius 1 is 0.265 bits per heavy atom. The lowest BCUT2D eigenvalue weighted by molar-refractivity contribution is 0.0696. The predicted molar refractivity (Wildman–Crippen MR) is 256 cm³/mol. The normalized spacial score (nSPS) is 10.7. The van der Waals surface area contributed by atoms with Crippen molar-refractivity contribution in [1.29, 1.82) is 0 Å². The molecule has 8 aromatic carbocycles. The Bertz CT molecular complexity index is 2590. The zero-order valence-electron chi connectivity index (χ0n) is 37.0. The number of rotatable bonds is 23. The molecule has 0 radical (unpaired) electrons. The maximum Gasteiger partial charge on any atom is 0.335 e. The van der Waals surface area contributed by atoms with Gasteiger partial charge in [-0.25, -0.2) is 9.59 Å². The second kappa shape index (κ2) is 23.0. The molecule has 0 aliphatic heterocycles. The van der Waals surface area contributed by atoms with Gasteiger partial charge in [-0.05, 0) is 93.5 Å². The highest BCUT2D eigenvalue weighted by atomic mass is 16.5. The second-order valence-corrected chi connectivity index (χ2v) is 15.8. The molecule has 0 fully saturated rings. The summed E-state index contributed by atoms with van der Waals surface area (Å²) in [5.41, 5.74) is 5.80. The molecule has 0 spiro atoms. The highest BCUT2D eigenvalue weighted by Crippen LogP contribution is 2.31. The van der Waals surface area contributed by atoms with Crippen molar-refractivity contribution in [3.63, 3.8) is 0 Å². The molecular formula is C57H48O11. The number of benzene rings is 8. The van der Waals surface area contributed by atoms with Gasteiger partial charge >= 0.3 is 11.9 Å². The van der Waals surface area contributed by atoms with Crippen molar-refractivity contribution in [2.75, 3.05) is 0 Å². The lowest BCUT2D eigenvalue weighted by Crippen LogP contribution is -2.05. The highest BCUT2D eigenvalue weighted by Gasteiger charge is 2.15. The van der Waals surface area contributed by atoms with Crippen LogP contribution >= 0.6 is 0 Å². The van der Waals surface area contributed by atoms with Crippen molar-refractivity contribution in [1.82, 2.24) is 0 Å². The van der Waals surface area contributed by atoms with E-state index in [4.69, 9.17) is 33.2 Å². The molecule has 2 N–H and O–H groups in total. The van der Waals surface area contributed by atoms with Gasteiger partial charge in [-0.15, -0.1) is 0 Å². The van der Waals surface area contributed by atoms with Crippen LogP contribution in [-0.4, -0.2) is 22.2 Å². The Hall–Kier alpha value is -8.70. The summed E-state index contributed by atoms with van der Waals surface area (Å²) in [5, 5.41) is 19.3. The fourth-order valence-electron chi connectivity index (χ4n) is 7.03. The van der Waals surface area contributed by atoms with Crippen LogP contribution in [-0.2, 0) is 46.2 Å². The number of carbonyl (C=O) groups is 2. The van der Waals surface area contributed by atoms with Crippen LogP contribution < -0.4 is 33.2 Å². The molecule has 8 rings (SSSR count). The molecule has 0 atom stereocenters. The van der Waals surface area contributed by atoms with Gasteiger partial charge in [0.15, 0.2) is 0 Å². The van der Waals surface area contributed by atoms with Crippen LogP contribution in [0.25, 0.3) is 0 Å². The van der Waals surface area contributed by atoms with E-state index in [0.717, 1.165) is 39.4 Å². The summed E-state index contributed by atoms with van der Waals surface area (Å²) in [6.07, 6.45) is 0. The number of ether oxygens (including phenoxy) is 7. The van der Waals surface area contributed by atoms with Gasteiger partial charge in [-0.1, -0.05) is 121 Å². The summed E-state index contributed by atoms with van der Waals surface area (Å²) in [5.74, 6) is 0.825. The van der Waals surface area contributed by atoms with E-state index in [0.29, 0.717) is 66.5 Å². The van der Waals surface area contributed by atoms with E-state index in [9.17, 15) is 19.8 Å². The van der Waals surface area contributed by atoms with Crippen LogP contribution in [0.4, 0.5) is 0 Å². The van der Waals surface area contributed by atoms with Gasteiger partial charge in [0, 0.05) is 18.2 Å². The number of hydrogen-bond acceptors (Lipinski definition) is 9. The Balaban J connectivity index is 1.05. The summed E-state index contributed by atoms with van der Waals surface area (Å²) in [4.78, 5) is 23.7. The largest absolute Gasteiger partial charge is 0.489 e. The minimum absolute atomic E-state index is 0.0711. The number of aromatic carboxylic acids is 2. The molecular weight excluding hydrogens is 861 g/mol. The fraction of sp³-hybridized carbons (Fsp3) is 0.123. The standard InChI is InChI=1S/C57H48O11/c58-56(59)47-27-48(57(60)61)29-55(28-47)68-39-46-25-53(66-37-44-21-49(62-33-40-13-5-1-6-14-40)30-50(22-44)63-34-41-15-7-2-8-16-41)32-54(26-46)67-38-45-23-51(64-35-42-17-9-3-10-18-42)31-52(24-45)65-36-43-19-11-4-12-20-43/h1-32H,33-39H2,(H,58,59)(H,60,61). The summed E-state index contributed by atoms with van der Waals surface area (Å²) in [6.45, 7) is 1.61. The zero-order chi connectivity index (χ0) is 46.9. The van der Waals surface area contributed by atoms with Crippen LogP contribution in [0, 0.1) is 0 Å². The van der Waals surface area contributed by atoms with Gasteiger partial charge in [0.2, 0.25) is 0 Å². The van der Waals surface area contributed by atoms with E-state index in [1.165, 1.54) is 12.1 Å². The molecule has 0 saturated carbocycles. The first-order valence-electron chi connectivity index (χ1n) is 21.9. The molecule has 0 aliphatic rings. The van der Waals surface area contributed by atoms with E-state index >= 15 is 0 Å². The van der Waals surface area contributed by atoms with Crippen molar-refractivity contribution < 1.29 is 53.0 Å². The van der Waals surface area contributed by atoms with Gasteiger partial charge < -0.3 is 43.4 Å². The molecule has 0 unspecified atom stereocenters. The van der Waals surface area contributed by atoms with Gasteiger partial charge in [0.25, 0.3) is 0 Å². The topological polar surface area (TPSA) is 139 Å². The summed E-state index contributed by atoms with van der Waals surface area (Å²) in [7, 11) is 0. The van der Waals surface area contributed by atoms with Gasteiger partial charge in [0.1, 0.15) is 86.5 Å². The maximum atomic E-state index is 11.8. The third-order valence-corrected chi connectivity index (χ3v) is 10.4. The average molecular weight is 909 g/mol. The molecule has 11 nitrogen and oxygen atoms in total. The molecule has 0 saturated heterocycles. The minimum atomic E-state index is -1.28. The lowest BCUT2D eigenvalue weighted by atomic mass is 10.1. The predicted octanol–water partition coefficient (Wildman–Crippen LogP) is 12.1. The lowest BCUT2D eigenvalue weighted by Gasteiger charge is -2.16. The number of carboxylic acids is 2. The van der Waals surface area contributed by atoms with Crippen LogP contribution in [0.3, 0.4) is 0 Å². The number of carboxylic acid groups (broad SMARTS) is 2. The maximum absolute atomic E-state index is 11.8. The van der Waals surface area contributed by atoms with Crippen molar-refractivity contribution >= 4 is 11.9 Å². The van der Waals surface area contributed by atoms with Gasteiger partial charge in [-0.2, -0.15) is 0 Å². The van der Waals surface area contributed by atoms with Crippen molar-refractivity contribution in [2.45, 2.75) is 46.2 Å². The molecule has 342 valence electrons. The van der Waals surface area contributed by atoms with Crippen molar-refractivity contribution in [3.8, 4) is 40.2 Å². The van der Waals surface area contributed by atoms with E-state index in [1.807, 2.05) is 158 Å². The first kappa shape index (κ1) is 45.9. The summed E-state index contributed by atoms with van der Waals surface area (Å²) < 4.78 is 43.9. The summed E-state index contributed by atoms with van der Waals surface area (Å²) >= 11 is 0. The van der Waals surface area contributed by atoms with E-state index in [1.54, 1.807) is 18.2 Å². The Labute approximate surface area is 394 Å². The zero-order valence-corrected chi connectivity index (χ0v) is 37.0. The monoisotopic (exact) mass is 908 g/mol. The van der Waals surface area contributed by atoms with Crippen LogP contribution in [0.5, 0.6) is 40.2 Å². The number of hydrogen-bond donors (Lipinski definition) is 2. The average Bonchev–Trinajstić information content (AvgIpc) is 3.37. The quantitative estimate of drug-likeness (QED) is 0.0634. The Kier molecular flexibility index (Phi) is 15.5. The smallest absolute Gasteiger partial charge is 0.335 e. The molecule has 0 amide bonds. The molecule has 0 heterocycles. The Morgan fingerprint density at radius 2 is 0.471 bits per heavy atom. The second-order valence-electron chi connectivity index (χ2n) is 15.8. The first-order chi connectivity index (χ1) is 33.3. The SMILES string of the molecule is O=C(O)c1cc(OCc2cc(OCc3cc(OCc4ccccc4)cc(OCc4ccccc4)c3)cc(OCc3cc(OCc4ccccc4)cc(OCc4ccccc4)c3)c2)cc(C(=O)O)c1.